The minimum absolute atomic E-state index is 0.00397. The molecule has 0 heterocycles. The van der Waals surface area contributed by atoms with Crippen molar-refractivity contribution in [3.8, 4) is 0 Å². The first kappa shape index (κ1) is 17.1. The number of hydrogen-bond acceptors (Lipinski definition) is 4. The normalized spacial score (nSPS) is 11.1. The lowest BCUT2D eigenvalue weighted by Crippen LogP contribution is -2.22. The number of amides is 1. The molecule has 0 fully saturated rings. The Bertz CT molecular complexity index is 613. The summed E-state index contributed by atoms with van der Waals surface area (Å²) < 4.78 is 22.4. The van der Waals surface area contributed by atoms with Crippen molar-refractivity contribution >= 4 is 21.9 Å². The number of carboxylic acids is 1. The second kappa shape index (κ2) is 7.75. The predicted octanol–water partition coefficient (Wildman–Crippen LogP) is 0.595. The smallest absolute Gasteiger partial charge is 0.303 e. The third kappa shape index (κ3) is 6.87. The van der Waals surface area contributed by atoms with E-state index in [4.69, 9.17) is 10.2 Å². The zero-order chi connectivity index (χ0) is 15.9. The number of aliphatic carboxylic acids is 1. The van der Waals surface area contributed by atoms with Gasteiger partial charge in [-0.25, -0.2) is 13.6 Å². The molecule has 0 unspecified atom stereocenters. The van der Waals surface area contributed by atoms with Crippen LogP contribution in [-0.2, 0) is 26.2 Å². The first-order valence-corrected chi connectivity index (χ1v) is 7.94. The van der Waals surface area contributed by atoms with Gasteiger partial charge >= 0.3 is 5.97 Å². The summed E-state index contributed by atoms with van der Waals surface area (Å²) in [6.07, 6.45) is 1.23. The van der Waals surface area contributed by atoms with Gasteiger partial charge in [0.05, 0.1) is 4.90 Å². The topological polar surface area (TPSA) is 127 Å². The maximum atomic E-state index is 11.5. The summed E-state index contributed by atoms with van der Waals surface area (Å²) in [7, 11) is -3.76. The van der Waals surface area contributed by atoms with Crippen LogP contribution >= 0.6 is 0 Å². The highest BCUT2D eigenvalue weighted by atomic mass is 32.2. The molecule has 1 aromatic rings. The van der Waals surface area contributed by atoms with Crippen molar-refractivity contribution in [1.82, 2.24) is 5.32 Å². The Morgan fingerprint density at radius 2 is 1.86 bits per heavy atom. The molecule has 0 aliphatic heterocycles. The average molecular weight is 314 g/mol. The summed E-state index contributed by atoms with van der Waals surface area (Å²) in [5.41, 5.74) is 0.625. The molecule has 8 heteroatoms. The van der Waals surface area contributed by atoms with Crippen LogP contribution in [-0.4, -0.2) is 25.4 Å². The Kier molecular flexibility index (Phi) is 6.32. The van der Waals surface area contributed by atoms with E-state index >= 15 is 0 Å². The van der Waals surface area contributed by atoms with Gasteiger partial charge in [0.25, 0.3) is 0 Å². The van der Waals surface area contributed by atoms with Crippen LogP contribution in [0.5, 0.6) is 0 Å². The summed E-state index contributed by atoms with van der Waals surface area (Å²) in [5, 5.41) is 16.1. The summed E-state index contributed by atoms with van der Waals surface area (Å²) in [6.45, 7) is 0.196. The maximum absolute atomic E-state index is 11.5. The summed E-state index contributed by atoms with van der Waals surface area (Å²) in [6, 6.07) is 6.01. The molecule has 0 bridgehead atoms. The second-order valence-corrected chi connectivity index (χ2v) is 6.13. The lowest BCUT2D eigenvalue weighted by atomic mass is 10.2. The fraction of sp³-hybridized carbons (Fsp3) is 0.385. The molecule has 7 nitrogen and oxygen atoms in total. The Balaban J connectivity index is 2.41. The van der Waals surface area contributed by atoms with E-state index in [-0.39, 0.29) is 30.2 Å². The van der Waals surface area contributed by atoms with Crippen molar-refractivity contribution in [2.75, 3.05) is 0 Å². The Morgan fingerprint density at radius 3 is 2.48 bits per heavy atom. The number of hydrogen-bond donors (Lipinski definition) is 3. The maximum Gasteiger partial charge on any atom is 0.303 e. The monoisotopic (exact) mass is 314 g/mol. The molecule has 0 aromatic heterocycles. The highest BCUT2D eigenvalue weighted by Gasteiger charge is 2.08. The first-order chi connectivity index (χ1) is 9.79. The molecule has 1 aromatic carbocycles. The summed E-state index contributed by atoms with van der Waals surface area (Å²) in [4.78, 5) is 21.8. The largest absolute Gasteiger partial charge is 0.481 e. The fourth-order valence-electron chi connectivity index (χ4n) is 1.68. The third-order valence-electron chi connectivity index (χ3n) is 2.76. The lowest BCUT2D eigenvalue weighted by Gasteiger charge is -2.06. The molecule has 21 heavy (non-hydrogen) atoms. The predicted molar refractivity (Wildman–Crippen MR) is 75.8 cm³/mol. The molecule has 0 saturated heterocycles. The van der Waals surface area contributed by atoms with E-state index in [0.29, 0.717) is 18.4 Å². The molecule has 1 rings (SSSR count). The lowest BCUT2D eigenvalue weighted by molar-refractivity contribution is -0.137. The SMILES string of the molecule is NS(=O)(=O)c1cccc(CNC(=O)CCCCC(=O)O)c1. The molecule has 4 N–H and O–H groups in total. The molecular weight excluding hydrogens is 296 g/mol. The van der Waals surface area contributed by atoms with Crippen LogP contribution in [0.25, 0.3) is 0 Å². The average Bonchev–Trinajstić information content (AvgIpc) is 2.40. The number of rotatable bonds is 8. The minimum Gasteiger partial charge on any atom is -0.481 e. The first-order valence-electron chi connectivity index (χ1n) is 6.39. The van der Waals surface area contributed by atoms with Crippen LogP contribution in [0.2, 0.25) is 0 Å². The van der Waals surface area contributed by atoms with Crippen LogP contribution in [0.15, 0.2) is 29.2 Å². The highest BCUT2D eigenvalue weighted by molar-refractivity contribution is 7.89. The molecule has 0 radical (unpaired) electrons. The molecule has 1 amide bonds. The van der Waals surface area contributed by atoms with Crippen LogP contribution < -0.4 is 10.5 Å². The Hall–Kier alpha value is -1.93. The van der Waals surface area contributed by atoms with Crippen LogP contribution in [0.4, 0.5) is 0 Å². The fourth-order valence-corrected chi connectivity index (χ4v) is 2.27. The Labute approximate surface area is 123 Å². The van der Waals surface area contributed by atoms with Crippen LogP contribution in [0.1, 0.15) is 31.2 Å². The van der Waals surface area contributed by atoms with Gasteiger partial charge in [0.2, 0.25) is 15.9 Å². The number of carboxylic acid groups (broad SMARTS) is 1. The molecule has 0 atom stereocenters. The minimum atomic E-state index is -3.76. The number of nitrogens with two attached hydrogens (primary N) is 1. The molecular formula is C13H18N2O5S. The van der Waals surface area contributed by atoms with Gasteiger partial charge in [-0.2, -0.15) is 0 Å². The van der Waals surface area contributed by atoms with Gasteiger partial charge in [0.15, 0.2) is 0 Å². The number of carbonyl (C=O) groups excluding carboxylic acids is 1. The van der Waals surface area contributed by atoms with E-state index in [1.165, 1.54) is 12.1 Å². The van der Waals surface area contributed by atoms with Crippen molar-refractivity contribution in [3.05, 3.63) is 29.8 Å². The van der Waals surface area contributed by atoms with Crippen molar-refractivity contribution in [1.29, 1.82) is 0 Å². The van der Waals surface area contributed by atoms with Crippen molar-refractivity contribution in [2.45, 2.75) is 37.1 Å². The summed E-state index contributed by atoms with van der Waals surface area (Å²) in [5.74, 6) is -1.09. The van der Waals surface area contributed by atoms with Gasteiger partial charge in [-0.05, 0) is 30.5 Å². The zero-order valence-electron chi connectivity index (χ0n) is 11.4. The number of primary sulfonamides is 1. The van der Waals surface area contributed by atoms with Gasteiger partial charge in [-0.3, -0.25) is 9.59 Å². The van der Waals surface area contributed by atoms with E-state index in [9.17, 15) is 18.0 Å². The number of unbranched alkanes of at least 4 members (excludes halogenated alkanes) is 1. The quantitative estimate of drug-likeness (QED) is 0.605. The number of nitrogens with one attached hydrogen (secondary N) is 1. The van der Waals surface area contributed by atoms with Gasteiger partial charge in [0.1, 0.15) is 0 Å². The number of carbonyl (C=O) groups is 2. The van der Waals surface area contributed by atoms with Crippen LogP contribution in [0, 0.1) is 0 Å². The van der Waals surface area contributed by atoms with Crippen molar-refractivity contribution in [3.63, 3.8) is 0 Å². The number of benzene rings is 1. The zero-order valence-corrected chi connectivity index (χ0v) is 12.2. The third-order valence-corrected chi connectivity index (χ3v) is 3.67. The molecule has 0 saturated carbocycles. The molecule has 0 aliphatic rings. The highest BCUT2D eigenvalue weighted by Crippen LogP contribution is 2.09. The van der Waals surface area contributed by atoms with E-state index in [2.05, 4.69) is 5.32 Å². The van der Waals surface area contributed by atoms with E-state index in [1.807, 2.05) is 0 Å². The van der Waals surface area contributed by atoms with Gasteiger partial charge < -0.3 is 10.4 Å². The van der Waals surface area contributed by atoms with Gasteiger partial charge in [-0.1, -0.05) is 12.1 Å². The van der Waals surface area contributed by atoms with Gasteiger partial charge in [-0.15, -0.1) is 0 Å². The molecule has 0 spiro atoms. The van der Waals surface area contributed by atoms with Crippen LogP contribution in [0.3, 0.4) is 0 Å². The standard InChI is InChI=1S/C13H18N2O5S/c14-21(19,20)11-5-3-4-10(8-11)9-15-12(16)6-1-2-7-13(17)18/h3-5,8H,1-2,6-7,9H2,(H,15,16)(H,17,18)(H2,14,19,20). The number of sulfonamides is 1. The second-order valence-electron chi connectivity index (χ2n) is 4.57. The summed E-state index contributed by atoms with van der Waals surface area (Å²) >= 11 is 0. The van der Waals surface area contributed by atoms with Crippen molar-refractivity contribution < 1.29 is 23.1 Å². The molecule has 116 valence electrons. The van der Waals surface area contributed by atoms with E-state index < -0.39 is 16.0 Å². The molecule has 0 aliphatic carbocycles. The van der Waals surface area contributed by atoms with Gasteiger partial charge in [0, 0.05) is 19.4 Å². The van der Waals surface area contributed by atoms with Crippen molar-refractivity contribution in [2.24, 2.45) is 5.14 Å². The Morgan fingerprint density at radius 1 is 1.19 bits per heavy atom. The van der Waals surface area contributed by atoms with E-state index in [1.54, 1.807) is 12.1 Å². The van der Waals surface area contributed by atoms with E-state index in [0.717, 1.165) is 0 Å².